The van der Waals surface area contributed by atoms with Crippen molar-refractivity contribution in [3.8, 4) is 0 Å². The van der Waals surface area contributed by atoms with Crippen LogP contribution in [0.1, 0.15) is 17.5 Å². The van der Waals surface area contributed by atoms with E-state index in [0.29, 0.717) is 6.54 Å². The molecular weight excluding hydrogens is 248 g/mol. The highest BCUT2D eigenvalue weighted by atomic mass is 35.5. The Morgan fingerprint density at radius 2 is 2.28 bits per heavy atom. The molecule has 0 radical (unpaired) electrons. The molecule has 2 N–H and O–H groups in total. The highest BCUT2D eigenvalue weighted by molar-refractivity contribution is 5.92. The van der Waals surface area contributed by atoms with E-state index in [4.69, 9.17) is 5.73 Å². The molecule has 1 unspecified atom stereocenters. The Labute approximate surface area is 114 Å². The predicted molar refractivity (Wildman–Crippen MR) is 76.6 cm³/mol. The van der Waals surface area contributed by atoms with Crippen molar-refractivity contribution in [2.24, 2.45) is 5.73 Å². The maximum absolute atomic E-state index is 11.8. The maximum Gasteiger partial charge on any atom is 0.246 e. The lowest BCUT2D eigenvalue weighted by Crippen LogP contribution is -2.30. The van der Waals surface area contributed by atoms with Crippen LogP contribution in [0, 0.1) is 6.92 Å². The molecule has 1 aliphatic rings. The fraction of sp³-hybridized carbons (Fsp3) is 0.357. The minimum Gasteiger partial charge on any atom is -0.338 e. The quantitative estimate of drug-likeness (QED) is 0.832. The Morgan fingerprint density at radius 3 is 2.89 bits per heavy atom. The molecule has 3 nitrogen and oxygen atoms in total. The third kappa shape index (κ3) is 3.86. The van der Waals surface area contributed by atoms with Crippen molar-refractivity contribution in [3.63, 3.8) is 0 Å². The van der Waals surface area contributed by atoms with Crippen molar-refractivity contribution in [3.05, 3.63) is 41.5 Å². The molecule has 98 valence electrons. The minimum absolute atomic E-state index is 0. The van der Waals surface area contributed by atoms with Crippen LogP contribution in [-0.2, 0) is 4.79 Å². The van der Waals surface area contributed by atoms with Crippen molar-refractivity contribution in [1.82, 2.24) is 4.90 Å². The molecule has 0 aliphatic carbocycles. The molecule has 0 saturated carbocycles. The zero-order valence-corrected chi connectivity index (χ0v) is 11.3. The molecule has 1 aromatic rings. The Morgan fingerprint density at radius 1 is 1.50 bits per heavy atom. The number of carbonyl (C=O) groups excluding carboxylic acids is 1. The second-order valence-corrected chi connectivity index (χ2v) is 4.58. The fourth-order valence-corrected chi connectivity index (χ4v) is 2.03. The molecule has 1 aliphatic heterocycles. The van der Waals surface area contributed by atoms with Gasteiger partial charge in [0.25, 0.3) is 0 Å². The number of rotatable bonds is 2. The summed E-state index contributed by atoms with van der Waals surface area (Å²) < 4.78 is 0. The van der Waals surface area contributed by atoms with Crippen LogP contribution in [0.3, 0.4) is 0 Å². The van der Waals surface area contributed by atoms with E-state index in [-0.39, 0.29) is 24.4 Å². The first-order valence-electron chi connectivity index (χ1n) is 5.94. The molecule has 1 aromatic carbocycles. The first-order valence-corrected chi connectivity index (χ1v) is 5.94. The molecular formula is C14H19ClN2O. The average Bonchev–Trinajstić information content (AvgIpc) is 2.73. The van der Waals surface area contributed by atoms with Crippen LogP contribution in [0.25, 0.3) is 6.08 Å². The van der Waals surface area contributed by atoms with E-state index < -0.39 is 0 Å². The lowest BCUT2D eigenvalue weighted by Gasteiger charge is -2.12. The number of carbonyl (C=O) groups is 1. The van der Waals surface area contributed by atoms with Crippen LogP contribution in [-0.4, -0.2) is 29.9 Å². The summed E-state index contributed by atoms with van der Waals surface area (Å²) in [5.41, 5.74) is 8.03. The number of benzene rings is 1. The van der Waals surface area contributed by atoms with Gasteiger partial charge in [0.2, 0.25) is 5.91 Å². The molecule has 2 rings (SSSR count). The van der Waals surface area contributed by atoms with Gasteiger partial charge in [-0.1, -0.05) is 29.8 Å². The number of hydrogen-bond donors (Lipinski definition) is 1. The molecule has 18 heavy (non-hydrogen) atoms. The van der Waals surface area contributed by atoms with Gasteiger partial charge in [0.05, 0.1) is 0 Å². The van der Waals surface area contributed by atoms with Crippen LogP contribution in [0.5, 0.6) is 0 Å². The molecule has 0 spiro atoms. The van der Waals surface area contributed by atoms with Crippen LogP contribution in [0.15, 0.2) is 30.3 Å². The van der Waals surface area contributed by atoms with Crippen molar-refractivity contribution in [2.45, 2.75) is 19.4 Å². The lowest BCUT2D eigenvalue weighted by atomic mass is 10.1. The maximum atomic E-state index is 11.8. The van der Waals surface area contributed by atoms with Gasteiger partial charge in [-0.05, 0) is 25.0 Å². The van der Waals surface area contributed by atoms with E-state index in [1.807, 2.05) is 31.2 Å². The SMILES string of the molecule is Cc1cccc(C=CC(=O)N2CCC(N)C2)c1.Cl. The van der Waals surface area contributed by atoms with Crippen LogP contribution in [0.2, 0.25) is 0 Å². The summed E-state index contributed by atoms with van der Waals surface area (Å²) in [5.74, 6) is 0.0551. The van der Waals surface area contributed by atoms with Crippen molar-refractivity contribution < 1.29 is 4.79 Å². The second-order valence-electron chi connectivity index (χ2n) is 4.58. The van der Waals surface area contributed by atoms with Crippen molar-refractivity contribution in [2.75, 3.05) is 13.1 Å². The van der Waals surface area contributed by atoms with E-state index in [9.17, 15) is 4.79 Å². The highest BCUT2D eigenvalue weighted by Crippen LogP contribution is 2.09. The Kier molecular flexibility index (Phi) is 5.38. The zero-order chi connectivity index (χ0) is 12.3. The van der Waals surface area contributed by atoms with Crippen LogP contribution >= 0.6 is 12.4 Å². The first-order chi connectivity index (χ1) is 8.15. The van der Waals surface area contributed by atoms with Gasteiger partial charge in [-0.2, -0.15) is 0 Å². The minimum atomic E-state index is 0. The number of amides is 1. The number of nitrogens with zero attached hydrogens (tertiary/aromatic N) is 1. The van der Waals surface area contributed by atoms with Gasteiger partial charge in [0, 0.05) is 25.2 Å². The number of hydrogen-bond acceptors (Lipinski definition) is 2. The molecule has 4 heteroatoms. The van der Waals surface area contributed by atoms with Gasteiger partial charge in [0.15, 0.2) is 0 Å². The van der Waals surface area contributed by atoms with Crippen molar-refractivity contribution >= 4 is 24.4 Å². The van der Waals surface area contributed by atoms with E-state index in [2.05, 4.69) is 6.07 Å². The van der Waals surface area contributed by atoms with E-state index >= 15 is 0 Å². The Balaban J connectivity index is 0.00000162. The van der Waals surface area contributed by atoms with Gasteiger partial charge in [0.1, 0.15) is 0 Å². The summed E-state index contributed by atoms with van der Waals surface area (Å²) in [4.78, 5) is 13.6. The smallest absolute Gasteiger partial charge is 0.246 e. The molecule has 0 aromatic heterocycles. The third-order valence-corrected chi connectivity index (χ3v) is 3.00. The summed E-state index contributed by atoms with van der Waals surface area (Å²) in [5, 5.41) is 0. The van der Waals surface area contributed by atoms with Gasteiger partial charge < -0.3 is 10.6 Å². The fourth-order valence-electron chi connectivity index (χ4n) is 2.03. The van der Waals surface area contributed by atoms with Crippen LogP contribution in [0.4, 0.5) is 0 Å². The summed E-state index contributed by atoms with van der Waals surface area (Å²) in [6.07, 6.45) is 4.40. The molecule has 1 amide bonds. The van der Waals surface area contributed by atoms with E-state index in [1.54, 1.807) is 11.0 Å². The first kappa shape index (κ1) is 14.7. The largest absolute Gasteiger partial charge is 0.338 e. The molecule has 1 atom stereocenters. The summed E-state index contributed by atoms with van der Waals surface area (Å²) in [6.45, 7) is 3.49. The number of halogens is 1. The predicted octanol–water partition coefficient (Wildman–Crippen LogP) is 1.99. The molecule has 1 fully saturated rings. The van der Waals surface area contributed by atoms with E-state index in [0.717, 1.165) is 18.5 Å². The zero-order valence-electron chi connectivity index (χ0n) is 10.5. The normalized spacial score (nSPS) is 19.0. The highest BCUT2D eigenvalue weighted by Gasteiger charge is 2.21. The molecule has 0 bridgehead atoms. The molecule has 1 saturated heterocycles. The standard InChI is InChI=1S/C14H18N2O.ClH/c1-11-3-2-4-12(9-11)5-6-14(17)16-8-7-13(15)10-16;/h2-6,9,13H,7-8,10,15H2,1H3;1H. The van der Waals surface area contributed by atoms with Gasteiger partial charge >= 0.3 is 0 Å². The Hall–Kier alpha value is -1.32. The monoisotopic (exact) mass is 266 g/mol. The Bertz CT molecular complexity index is 445. The summed E-state index contributed by atoms with van der Waals surface area (Å²) >= 11 is 0. The van der Waals surface area contributed by atoms with Gasteiger partial charge in [-0.25, -0.2) is 0 Å². The lowest BCUT2D eigenvalue weighted by molar-refractivity contribution is -0.124. The van der Waals surface area contributed by atoms with Gasteiger partial charge in [-0.15, -0.1) is 12.4 Å². The van der Waals surface area contributed by atoms with Crippen molar-refractivity contribution in [1.29, 1.82) is 0 Å². The second kappa shape index (κ2) is 6.57. The summed E-state index contributed by atoms with van der Waals surface area (Å²) in [7, 11) is 0. The van der Waals surface area contributed by atoms with E-state index in [1.165, 1.54) is 5.56 Å². The third-order valence-electron chi connectivity index (χ3n) is 3.00. The topological polar surface area (TPSA) is 46.3 Å². The summed E-state index contributed by atoms with van der Waals surface area (Å²) in [6, 6.07) is 8.22. The number of likely N-dealkylation sites (tertiary alicyclic amines) is 1. The number of nitrogens with two attached hydrogens (primary N) is 1. The van der Waals surface area contributed by atoms with Gasteiger partial charge in [-0.3, -0.25) is 4.79 Å². The molecule has 1 heterocycles. The number of aryl methyl sites for hydroxylation is 1. The van der Waals surface area contributed by atoms with Crippen LogP contribution < -0.4 is 5.73 Å². The average molecular weight is 267 g/mol.